The molecule has 0 saturated carbocycles. The van der Waals surface area contributed by atoms with E-state index in [0.717, 1.165) is 51.1 Å². The largest absolute Gasteiger partial charge is 0.381 e. The van der Waals surface area contributed by atoms with Crippen molar-refractivity contribution < 1.29 is 4.74 Å². The fourth-order valence-corrected chi connectivity index (χ4v) is 3.50. The van der Waals surface area contributed by atoms with Crippen molar-refractivity contribution in [3.05, 3.63) is 23.4 Å². The SMILES string of the molecule is C=C(C)/C(CCN1CCCC1)=C(/C)N(N)CC1CCOCC1. The van der Waals surface area contributed by atoms with Gasteiger partial charge in [-0.3, -0.25) is 0 Å². The van der Waals surface area contributed by atoms with Gasteiger partial charge in [0, 0.05) is 32.0 Å². The standard InChI is InChI=1S/C18H33N3O/c1-15(2)18(6-11-20-9-4-5-10-20)16(3)21(19)14-17-7-12-22-13-8-17/h17H,1,4-14,19H2,2-3H3/b18-16-. The lowest BCUT2D eigenvalue weighted by atomic mass is 9.98. The van der Waals surface area contributed by atoms with Gasteiger partial charge in [0.1, 0.15) is 0 Å². The summed E-state index contributed by atoms with van der Waals surface area (Å²) in [7, 11) is 0. The highest BCUT2D eigenvalue weighted by Crippen LogP contribution is 2.22. The first-order valence-electron chi connectivity index (χ1n) is 8.76. The summed E-state index contributed by atoms with van der Waals surface area (Å²) in [6.45, 7) is 14.7. The molecule has 2 saturated heterocycles. The van der Waals surface area contributed by atoms with Crippen LogP contribution in [0.15, 0.2) is 23.4 Å². The molecule has 2 heterocycles. The van der Waals surface area contributed by atoms with E-state index in [2.05, 4.69) is 25.3 Å². The van der Waals surface area contributed by atoms with Gasteiger partial charge in [-0.15, -0.1) is 0 Å². The fraction of sp³-hybridized carbons (Fsp3) is 0.778. The third-order valence-corrected chi connectivity index (χ3v) is 5.06. The van der Waals surface area contributed by atoms with Crippen LogP contribution in [-0.4, -0.2) is 49.3 Å². The van der Waals surface area contributed by atoms with E-state index in [1.54, 1.807) is 0 Å². The molecule has 0 atom stereocenters. The Morgan fingerprint density at radius 1 is 1.23 bits per heavy atom. The van der Waals surface area contributed by atoms with Gasteiger partial charge in [0.15, 0.2) is 0 Å². The zero-order valence-electron chi connectivity index (χ0n) is 14.4. The minimum absolute atomic E-state index is 0.652. The fourth-order valence-electron chi connectivity index (χ4n) is 3.50. The zero-order valence-corrected chi connectivity index (χ0v) is 14.4. The Labute approximate surface area is 135 Å². The first kappa shape index (κ1) is 17.5. The van der Waals surface area contributed by atoms with Gasteiger partial charge in [-0.05, 0) is 70.5 Å². The molecule has 0 aromatic rings. The van der Waals surface area contributed by atoms with Gasteiger partial charge >= 0.3 is 0 Å². The van der Waals surface area contributed by atoms with Crippen LogP contribution < -0.4 is 5.84 Å². The molecule has 0 aromatic heterocycles. The molecule has 0 aromatic carbocycles. The molecule has 2 N–H and O–H groups in total. The summed E-state index contributed by atoms with van der Waals surface area (Å²) in [5.41, 5.74) is 3.68. The van der Waals surface area contributed by atoms with Gasteiger partial charge in [0.05, 0.1) is 0 Å². The topological polar surface area (TPSA) is 41.7 Å². The second kappa shape index (κ2) is 8.70. The van der Waals surface area contributed by atoms with Crippen LogP contribution in [0.1, 0.15) is 46.0 Å². The smallest absolute Gasteiger partial charge is 0.0469 e. The number of likely N-dealkylation sites (tertiary alicyclic amines) is 1. The summed E-state index contributed by atoms with van der Waals surface area (Å²) in [6.07, 6.45) is 5.99. The summed E-state index contributed by atoms with van der Waals surface area (Å²) in [4.78, 5) is 2.55. The number of nitrogens with zero attached hydrogens (tertiary/aromatic N) is 2. The Balaban J connectivity index is 1.92. The van der Waals surface area contributed by atoms with E-state index in [1.807, 2.05) is 5.01 Å². The summed E-state index contributed by atoms with van der Waals surface area (Å²) in [5, 5.41) is 1.95. The predicted octanol–water partition coefficient (Wildman–Crippen LogP) is 2.92. The average molecular weight is 307 g/mol. The van der Waals surface area contributed by atoms with Crippen molar-refractivity contribution in [2.45, 2.75) is 46.0 Å². The molecule has 2 rings (SSSR count). The number of allylic oxidation sites excluding steroid dienone is 2. The van der Waals surface area contributed by atoms with E-state index in [1.165, 1.54) is 37.2 Å². The molecule has 0 radical (unpaired) electrons. The number of hydrogen-bond donors (Lipinski definition) is 1. The van der Waals surface area contributed by atoms with E-state index in [9.17, 15) is 0 Å². The average Bonchev–Trinajstić information content (AvgIpc) is 3.01. The van der Waals surface area contributed by atoms with E-state index in [-0.39, 0.29) is 0 Å². The molecule has 22 heavy (non-hydrogen) atoms. The van der Waals surface area contributed by atoms with Crippen molar-refractivity contribution in [1.29, 1.82) is 0 Å². The number of nitrogens with two attached hydrogens (primary N) is 1. The lowest BCUT2D eigenvalue weighted by Crippen LogP contribution is -2.37. The Hall–Kier alpha value is -0.840. The van der Waals surface area contributed by atoms with Crippen molar-refractivity contribution >= 4 is 0 Å². The molecule has 0 spiro atoms. The number of hydrogen-bond acceptors (Lipinski definition) is 4. The molecule has 0 unspecified atom stereocenters. The van der Waals surface area contributed by atoms with Crippen molar-refractivity contribution in [2.75, 3.05) is 39.4 Å². The normalized spacial score (nSPS) is 21.8. The molecule has 126 valence electrons. The van der Waals surface area contributed by atoms with Gasteiger partial charge in [0.25, 0.3) is 0 Å². The molecule has 2 aliphatic heterocycles. The Morgan fingerprint density at radius 2 is 1.86 bits per heavy atom. The van der Waals surface area contributed by atoms with Gasteiger partial charge in [-0.1, -0.05) is 12.2 Å². The van der Waals surface area contributed by atoms with Crippen molar-refractivity contribution in [1.82, 2.24) is 9.91 Å². The van der Waals surface area contributed by atoms with Gasteiger partial charge in [-0.2, -0.15) is 0 Å². The Kier molecular flexibility index (Phi) is 6.93. The zero-order chi connectivity index (χ0) is 15.9. The summed E-state index contributed by atoms with van der Waals surface area (Å²) in [5.74, 6) is 7.00. The van der Waals surface area contributed by atoms with Crippen LogP contribution >= 0.6 is 0 Å². The summed E-state index contributed by atoms with van der Waals surface area (Å²) >= 11 is 0. The highest BCUT2D eigenvalue weighted by molar-refractivity contribution is 5.30. The van der Waals surface area contributed by atoms with Gasteiger partial charge < -0.3 is 14.6 Å². The van der Waals surface area contributed by atoms with Crippen LogP contribution in [0.5, 0.6) is 0 Å². The van der Waals surface area contributed by atoms with Crippen LogP contribution in [-0.2, 0) is 4.74 Å². The van der Waals surface area contributed by atoms with Crippen molar-refractivity contribution in [3.63, 3.8) is 0 Å². The number of hydrazine groups is 1. The second-order valence-corrected chi connectivity index (χ2v) is 6.85. The highest BCUT2D eigenvalue weighted by Gasteiger charge is 2.19. The minimum atomic E-state index is 0.652. The third-order valence-electron chi connectivity index (χ3n) is 5.06. The van der Waals surface area contributed by atoms with Gasteiger partial charge in [-0.25, -0.2) is 5.84 Å². The van der Waals surface area contributed by atoms with Crippen molar-refractivity contribution in [2.24, 2.45) is 11.8 Å². The van der Waals surface area contributed by atoms with Gasteiger partial charge in [0.2, 0.25) is 0 Å². The number of rotatable bonds is 7. The molecular weight excluding hydrogens is 274 g/mol. The van der Waals surface area contributed by atoms with Crippen LogP contribution in [0.4, 0.5) is 0 Å². The molecule has 0 aliphatic carbocycles. The van der Waals surface area contributed by atoms with Crippen LogP contribution in [0.2, 0.25) is 0 Å². The Morgan fingerprint density at radius 3 is 2.45 bits per heavy atom. The van der Waals surface area contributed by atoms with E-state index >= 15 is 0 Å². The molecule has 2 aliphatic rings. The summed E-state index contributed by atoms with van der Waals surface area (Å²) < 4.78 is 5.43. The molecule has 2 fully saturated rings. The third kappa shape index (κ3) is 5.11. The molecule has 0 bridgehead atoms. The first-order valence-corrected chi connectivity index (χ1v) is 8.76. The summed E-state index contributed by atoms with van der Waals surface area (Å²) in [6, 6.07) is 0. The lowest BCUT2D eigenvalue weighted by Gasteiger charge is -2.30. The van der Waals surface area contributed by atoms with E-state index < -0.39 is 0 Å². The maximum Gasteiger partial charge on any atom is 0.0469 e. The first-order chi connectivity index (χ1) is 10.6. The van der Waals surface area contributed by atoms with Crippen molar-refractivity contribution in [3.8, 4) is 0 Å². The quantitative estimate of drug-likeness (QED) is 0.446. The second-order valence-electron chi connectivity index (χ2n) is 6.85. The molecular formula is C18H33N3O. The van der Waals surface area contributed by atoms with E-state index in [4.69, 9.17) is 10.6 Å². The number of ether oxygens (including phenoxy) is 1. The molecule has 4 heteroatoms. The monoisotopic (exact) mass is 307 g/mol. The molecule has 0 amide bonds. The van der Waals surface area contributed by atoms with Crippen LogP contribution in [0, 0.1) is 5.92 Å². The maximum absolute atomic E-state index is 6.35. The highest BCUT2D eigenvalue weighted by atomic mass is 16.5. The van der Waals surface area contributed by atoms with Crippen LogP contribution in [0.25, 0.3) is 0 Å². The predicted molar refractivity (Wildman–Crippen MR) is 92.2 cm³/mol. The molecule has 4 nitrogen and oxygen atoms in total. The van der Waals surface area contributed by atoms with Crippen LogP contribution in [0.3, 0.4) is 0 Å². The lowest BCUT2D eigenvalue weighted by molar-refractivity contribution is 0.0564. The Bertz CT molecular complexity index is 393. The maximum atomic E-state index is 6.35. The minimum Gasteiger partial charge on any atom is -0.381 e. The van der Waals surface area contributed by atoms with E-state index in [0.29, 0.717) is 5.92 Å².